The van der Waals surface area contributed by atoms with Crippen LogP contribution in [0.3, 0.4) is 0 Å². The van der Waals surface area contributed by atoms with Crippen LogP contribution >= 0.6 is 11.8 Å². The summed E-state index contributed by atoms with van der Waals surface area (Å²) in [7, 11) is 0. The fraction of sp³-hybridized carbons (Fsp3) is 0.833. The van der Waals surface area contributed by atoms with Gasteiger partial charge in [0.15, 0.2) is 0 Å². The van der Waals surface area contributed by atoms with E-state index >= 15 is 0 Å². The van der Waals surface area contributed by atoms with Crippen molar-refractivity contribution < 1.29 is 8.78 Å². The van der Waals surface area contributed by atoms with Gasteiger partial charge in [-0.25, -0.2) is 8.78 Å². The quantitative estimate of drug-likeness (QED) is 0.559. The summed E-state index contributed by atoms with van der Waals surface area (Å²) in [4.78, 5) is 0. The highest BCUT2D eigenvalue weighted by molar-refractivity contribution is 7.99. The molecule has 0 nitrogen and oxygen atoms in total. The Kier molecular flexibility index (Phi) is 4.19. The Labute approximate surface area is 59.0 Å². The van der Waals surface area contributed by atoms with Gasteiger partial charge in [0.05, 0.1) is 5.75 Å². The molecule has 0 heterocycles. The second kappa shape index (κ2) is 4.09. The number of thioether (sulfide) groups is 1. The maximum Gasteiger partial charge on any atom is 0.254 e. The minimum atomic E-state index is -2.51. The SMILES string of the molecule is [CH2]CCSCC(C)(F)F. The predicted octanol–water partition coefficient (Wildman–Crippen LogP) is 2.60. The molecule has 0 saturated heterocycles. The summed E-state index contributed by atoms with van der Waals surface area (Å²) in [5.41, 5.74) is 0. The molecule has 0 amide bonds. The molecule has 0 aliphatic rings. The molecule has 0 aromatic rings. The van der Waals surface area contributed by atoms with Gasteiger partial charge in [-0.15, -0.1) is 0 Å². The van der Waals surface area contributed by atoms with Crippen LogP contribution in [0, 0.1) is 6.92 Å². The van der Waals surface area contributed by atoms with Crippen LogP contribution in [-0.2, 0) is 0 Å². The van der Waals surface area contributed by atoms with Crippen LogP contribution < -0.4 is 0 Å². The number of halogens is 2. The van der Waals surface area contributed by atoms with Gasteiger partial charge in [-0.2, -0.15) is 11.8 Å². The summed E-state index contributed by atoms with van der Waals surface area (Å²) in [5, 5.41) is 0. The molecule has 0 aromatic heterocycles. The largest absolute Gasteiger partial charge is 0.254 e. The zero-order valence-corrected chi connectivity index (χ0v) is 6.31. The van der Waals surface area contributed by atoms with Crippen LogP contribution in [-0.4, -0.2) is 17.4 Å². The van der Waals surface area contributed by atoms with Crippen LogP contribution in [0.25, 0.3) is 0 Å². The lowest BCUT2D eigenvalue weighted by Crippen LogP contribution is -2.13. The normalized spacial score (nSPS) is 12.0. The van der Waals surface area contributed by atoms with Gasteiger partial charge in [-0.1, -0.05) is 6.92 Å². The molecule has 0 aliphatic heterocycles. The van der Waals surface area contributed by atoms with E-state index in [0.717, 1.165) is 19.1 Å². The third-order valence-electron chi connectivity index (χ3n) is 0.644. The summed E-state index contributed by atoms with van der Waals surface area (Å²) >= 11 is 1.25. The van der Waals surface area contributed by atoms with Gasteiger partial charge in [0.2, 0.25) is 0 Å². The minimum Gasteiger partial charge on any atom is -0.206 e. The Morgan fingerprint density at radius 1 is 1.56 bits per heavy atom. The molecule has 9 heavy (non-hydrogen) atoms. The molecule has 0 aromatic carbocycles. The summed E-state index contributed by atoms with van der Waals surface area (Å²) in [5.74, 6) is -1.87. The Hall–Kier alpha value is 0.210. The average Bonchev–Trinajstić information content (AvgIpc) is 1.63. The first-order chi connectivity index (χ1) is 4.06. The first-order valence-electron chi connectivity index (χ1n) is 2.81. The van der Waals surface area contributed by atoms with Crippen LogP contribution in [0.15, 0.2) is 0 Å². The van der Waals surface area contributed by atoms with E-state index in [1.807, 2.05) is 0 Å². The zero-order valence-electron chi connectivity index (χ0n) is 5.49. The van der Waals surface area contributed by atoms with E-state index in [1.54, 1.807) is 0 Å². The summed E-state index contributed by atoms with van der Waals surface area (Å²) in [6.45, 7) is 4.47. The van der Waals surface area contributed by atoms with E-state index in [2.05, 4.69) is 6.92 Å². The second-order valence-corrected chi connectivity index (χ2v) is 3.08. The Morgan fingerprint density at radius 3 is 2.44 bits per heavy atom. The number of hydrogen-bond donors (Lipinski definition) is 0. The third kappa shape index (κ3) is 8.21. The van der Waals surface area contributed by atoms with Gasteiger partial charge < -0.3 is 0 Å². The van der Waals surface area contributed by atoms with E-state index < -0.39 is 5.92 Å². The van der Waals surface area contributed by atoms with Crippen LogP contribution in [0.4, 0.5) is 8.78 Å². The topological polar surface area (TPSA) is 0 Å². The van der Waals surface area contributed by atoms with Gasteiger partial charge in [-0.05, 0) is 12.2 Å². The number of rotatable bonds is 4. The average molecular weight is 153 g/mol. The molecule has 0 unspecified atom stereocenters. The van der Waals surface area contributed by atoms with Crippen molar-refractivity contribution in [1.82, 2.24) is 0 Å². The van der Waals surface area contributed by atoms with Crippen LogP contribution in [0.5, 0.6) is 0 Å². The van der Waals surface area contributed by atoms with E-state index in [-0.39, 0.29) is 5.75 Å². The van der Waals surface area contributed by atoms with Crippen molar-refractivity contribution in [2.24, 2.45) is 0 Å². The standard InChI is InChI=1S/C6H11F2S/c1-3-4-9-5-6(2,7)8/h1,3-5H2,2H3. The number of hydrogen-bond acceptors (Lipinski definition) is 1. The van der Waals surface area contributed by atoms with Gasteiger partial charge in [0.25, 0.3) is 5.92 Å². The Bertz CT molecular complexity index is 67.9. The summed E-state index contributed by atoms with van der Waals surface area (Å²) < 4.78 is 24.0. The summed E-state index contributed by atoms with van der Waals surface area (Å²) in [6, 6.07) is 0. The molecule has 0 N–H and O–H groups in total. The lowest BCUT2D eigenvalue weighted by molar-refractivity contribution is 0.0493. The second-order valence-electron chi connectivity index (χ2n) is 1.98. The molecule has 0 saturated carbocycles. The maximum atomic E-state index is 12.0. The molecule has 3 heteroatoms. The minimum absolute atomic E-state index is 0.0808. The molecule has 0 spiro atoms. The third-order valence-corrected chi connectivity index (χ3v) is 1.93. The molecule has 0 rings (SSSR count). The molecule has 0 bridgehead atoms. The Morgan fingerprint density at radius 2 is 2.11 bits per heavy atom. The van der Waals surface area contributed by atoms with E-state index in [9.17, 15) is 8.78 Å². The molecular formula is C6H11F2S. The molecule has 0 fully saturated rings. The number of alkyl halides is 2. The van der Waals surface area contributed by atoms with E-state index in [0.29, 0.717) is 0 Å². The fourth-order valence-corrected chi connectivity index (χ4v) is 1.06. The Balaban J connectivity index is 3.07. The van der Waals surface area contributed by atoms with Gasteiger partial charge in [-0.3, -0.25) is 0 Å². The summed E-state index contributed by atoms with van der Waals surface area (Å²) in [6.07, 6.45) is 0.723. The van der Waals surface area contributed by atoms with E-state index in [1.165, 1.54) is 11.8 Å². The van der Waals surface area contributed by atoms with Crippen LogP contribution in [0.2, 0.25) is 0 Å². The van der Waals surface area contributed by atoms with Crippen molar-refractivity contribution in [3.8, 4) is 0 Å². The van der Waals surface area contributed by atoms with E-state index in [4.69, 9.17) is 0 Å². The lowest BCUT2D eigenvalue weighted by Gasteiger charge is -2.07. The molecule has 55 valence electrons. The van der Waals surface area contributed by atoms with Crippen molar-refractivity contribution in [2.45, 2.75) is 19.3 Å². The van der Waals surface area contributed by atoms with Gasteiger partial charge in [0, 0.05) is 6.92 Å². The molecule has 1 radical (unpaired) electrons. The first kappa shape index (κ1) is 9.21. The first-order valence-corrected chi connectivity index (χ1v) is 3.96. The highest BCUT2D eigenvalue weighted by Gasteiger charge is 2.19. The van der Waals surface area contributed by atoms with Crippen molar-refractivity contribution in [3.63, 3.8) is 0 Å². The van der Waals surface area contributed by atoms with Crippen molar-refractivity contribution in [1.29, 1.82) is 0 Å². The van der Waals surface area contributed by atoms with Gasteiger partial charge >= 0.3 is 0 Å². The van der Waals surface area contributed by atoms with Crippen LogP contribution in [0.1, 0.15) is 13.3 Å². The fourth-order valence-electron chi connectivity index (χ4n) is 0.353. The van der Waals surface area contributed by atoms with Gasteiger partial charge in [0.1, 0.15) is 0 Å². The molecular weight excluding hydrogens is 142 g/mol. The maximum absolute atomic E-state index is 12.0. The smallest absolute Gasteiger partial charge is 0.206 e. The van der Waals surface area contributed by atoms with Crippen molar-refractivity contribution in [2.75, 3.05) is 11.5 Å². The van der Waals surface area contributed by atoms with Crippen molar-refractivity contribution >= 4 is 11.8 Å². The highest BCUT2D eigenvalue weighted by atomic mass is 32.2. The lowest BCUT2D eigenvalue weighted by atomic mass is 10.5. The highest BCUT2D eigenvalue weighted by Crippen LogP contribution is 2.18. The zero-order chi connectivity index (χ0) is 7.33. The molecule has 0 aliphatic carbocycles. The van der Waals surface area contributed by atoms with Crippen molar-refractivity contribution in [3.05, 3.63) is 6.92 Å². The monoisotopic (exact) mass is 153 g/mol. The molecule has 0 atom stereocenters. The predicted molar refractivity (Wildman–Crippen MR) is 37.9 cm³/mol.